The summed E-state index contributed by atoms with van der Waals surface area (Å²) >= 11 is 1.22. The van der Waals surface area contributed by atoms with Gasteiger partial charge >= 0.3 is 0 Å². The molecule has 144 valence electrons. The van der Waals surface area contributed by atoms with Gasteiger partial charge in [0.2, 0.25) is 0 Å². The van der Waals surface area contributed by atoms with Crippen LogP contribution in [-0.4, -0.2) is 22.3 Å². The zero-order valence-electron chi connectivity index (χ0n) is 15.1. The highest BCUT2D eigenvalue weighted by molar-refractivity contribution is 7.14. The second kappa shape index (κ2) is 7.85. The van der Waals surface area contributed by atoms with Crippen LogP contribution in [0.2, 0.25) is 0 Å². The maximum absolute atomic E-state index is 13.0. The fourth-order valence-corrected chi connectivity index (χ4v) is 3.07. The van der Waals surface area contributed by atoms with E-state index in [1.807, 2.05) is 0 Å². The molecule has 1 heterocycles. The van der Waals surface area contributed by atoms with Gasteiger partial charge in [-0.05, 0) is 62.4 Å². The van der Waals surface area contributed by atoms with Crippen molar-refractivity contribution in [2.24, 2.45) is 0 Å². The lowest BCUT2D eigenvalue weighted by atomic mass is 10.0. The van der Waals surface area contributed by atoms with E-state index in [4.69, 9.17) is 0 Å². The summed E-state index contributed by atoms with van der Waals surface area (Å²) < 4.78 is 26.0. The smallest absolute Gasteiger partial charge is 0.252 e. The molecule has 2 N–H and O–H groups in total. The number of hydrogen-bond donors (Lipinski definition) is 2. The quantitative estimate of drug-likeness (QED) is 0.672. The van der Waals surface area contributed by atoms with Crippen LogP contribution < -0.4 is 10.6 Å². The van der Waals surface area contributed by atoms with Crippen molar-refractivity contribution in [1.82, 2.24) is 10.3 Å². The summed E-state index contributed by atoms with van der Waals surface area (Å²) in [5, 5.41) is 7.39. The summed E-state index contributed by atoms with van der Waals surface area (Å²) in [6, 6.07) is 10.9. The number of carbonyl (C=O) groups is 2. The van der Waals surface area contributed by atoms with Gasteiger partial charge in [-0.25, -0.2) is 13.8 Å². The van der Waals surface area contributed by atoms with E-state index in [9.17, 15) is 18.4 Å². The molecule has 0 radical (unpaired) electrons. The van der Waals surface area contributed by atoms with Gasteiger partial charge < -0.3 is 5.32 Å². The van der Waals surface area contributed by atoms with E-state index in [-0.39, 0.29) is 11.4 Å². The molecule has 1 aromatic heterocycles. The summed E-state index contributed by atoms with van der Waals surface area (Å²) in [5.41, 5.74) is 0.346. The van der Waals surface area contributed by atoms with Gasteiger partial charge in [-0.2, -0.15) is 0 Å². The molecule has 0 atom stereocenters. The Morgan fingerprint density at radius 3 is 2.14 bits per heavy atom. The van der Waals surface area contributed by atoms with E-state index in [2.05, 4.69) is 15.6 Å². The molecule has 5 nitrogen and oxygen atoms in total. The van der Waals surface area contributed by atoms with Crippen molar-refractivity contribution in [2.75, 3.05) is 5.32 Å². The van der Waals surface area contributed by atoms with Crippen molar-refractivity contribution in [3.63, 3.8) is 0 Å². The van der Waals surface area contributed by atoms with Gasteiger partial charge in [0.05, 0.1) is 5.69 Å². The highest BCUT2D eigenvalue weighted by atomic mass is 32.1. The summed E-state index contributed by atoms with van der Waals surface area (Å²) in [7, 11) is 0. The number of nitrogens with one attached hydrogen (secondary N) is 2. The molecule has 0 saturated heterocycles. The molecule has 0 aliphatic heterocycles. The Morgan fingerprint density at radius 2 is 1.54 bits per heavy atom. The van der Waals surface area contributed by atoms with Crippen LogP contribution in [0.4, 0.5) is 13.9 Å². The first kappa shape index (κ1) is 19.6. The van der Waals surface area contributed by atoms with Gasteiger partial charge in [0.15, 0.2) is 5.13 Å². The molecule has 0 bridgehead atoms. The van der Waals surface area contributed by atoms with Crippen molar-refractivity contribution < 1.29 is 18.4 Å². The number of anilines is 1. The lowest BCUT2D eigenvalue weighted by Gasteiger charge is -2.24. The third-order valence-corrected chi connectivity index (χ3v) is 4.72. The molecule has 28 heavy (non-hydrogen) atoms. The number of nitrogens with zero attached hydrogens (tertiary/aromatic N) is 1. The number of halogens is 2. The summed E-state index contributed by atoms with van der Waals surface area (Å²) in [5.74, 6) is -1.74. The molecule has 0 aliphatic carbocycles. The molecule has 0 aliphatic rings. The minimum absolute atomic E-state index is 0.245. The van der Waals surface area contributed by atoms with Crippen LogP contribution in [0.5, 0.6) is 0 Å². The average molecular weight is 401 g/mol. The minimum Gasteiger partial charge on any atom is -0.338 e. The van der Waals surface area contributed by atoms with E-state index in [1.54, 1.807) is 31.4 Å². The first-order valence-electron chi connectivity index (χ1n) is 8.35. The largest absolute Gasteiger partial charge is 0.338 e. The molecule has 0 saturated carbocycles. The molecule has 2 aromatic carbocycles. The molecule has 3 rings (SSSR count). The standard InChI is InChI=1S/C20H17F2N3O2S/c1-20(2,25-17(26)13-5-9-15(22)10-6-13)18(27)24-19-23-16(11-28-19)12-3-7-14(21)8-4-12/h3-11H,1-2H3,(H,25,26)(H,23,24,27). The lowest BCUT2D eigenvalue weighted by molar-refractivity contribution is -0.120. The van der Waals surface area contributed by atoms with E-state index in [1.165, 1.54) is 47.7 Å². The topological polar surface area (TPSA) is 71.1 Å². The van der Waals surface area contributed by atoms with Crippen molar-refractivity contribution in [3.8, 4) is 11.3 Å². The number of amides is 2. The van der Waals surface area contributed by atoms with Crippen LogP contribution >= 0.6 is 11.3 Å². The number of rotatable bonds is 5. The normalized spacial score (nSPS) is 11.1. The molecule has 0 fully saturated rings. The number of hydrogen-bond acceptors (Lipinski definition) is 4. The highest BCUT2D eigenvalue weighted by Gasteiger charge is 2.30. The molecule has 0 spiro atoms. The van der Waals surface area contributed by atoms with Crippen LogP contribution in [0.15, 0.2) is 53.9 Å². The van der Waals surface area contributed by atoms with Crippen molar-refractivity contribution >= 4 is 28.3 Å². The maximum atomic E-state index is 13.0. The number of thiazole rings is 1. The lowest BCUT2D eigenvalue weighted by Crippen LogP contribution is -2.52. The molecular formula is C20H17F2N3O2S. The van der Waals surface area contributed by atoms with Crippen LogP contribution in [0.3, 0.4) is 0 Å². The molecular weight excluding hydrogens is 384 g/mol. The summed E-state index contributed by atoms with van der Waals surface area (Å²) in [6.45, 7) is 3.11. The maximum Gasteiger partial charge on any atom is 0.252 e. The number of carbonyl (C=O) groups excluding carboxylic acids is 2. The second-order valence-electron chi connectivity index (χ2n) is 6.58. The Balaban J connectivity index is 1.67. The zero-order valence-corrected chi connectivity index (χ0v) is 15.9. The van der Waals surface area contributed by atoms with Crippen LogP contribution in [0.25, 0.3) is 11.3 Å². The Bertz CT molecular complexity index is 999. The van der Waals surface area contributed by atoms with E-state index >= 15 is 0 Å². The monoisotopic (exact) mass is 401 g/mol. The van der Waals surface area contributed by atoms with Gasteiger partial charge in [0, 0.05) is 16.5 Å². The SMILES string of the molecule is CC(C)(NC(=O)c1ccc(F)cc1)C(=O)Nc1nc(-c2ccc(F)cc2)cs1. The van der Waals surface area contributed by atoms with E-state index < -0.39 is 23.2 Å². The van der Waals surface area contributed by atoms with Gasteiger partial charge in [0.1, 0.15) is 17.2 Å². The number of benzene rings is 2. The summed E-state index contributed by atoms with van der Waals surface area (Å²) in [4.78, 5) is 29.2. The van der Waals surface area contributed by atoms with Crippen LogP contribution in [0, 0.1) is 11.6 Å². The van der Waals surface area contributed by atoms with Crippen LogP contribution in [-0.2, 0) is 4.79 Å². The highest BCUT2D eigenvalue weighted by Crippen LogP contribution is 2.25. The van der Waals surface area contributed by atoms with Crippen molar-refractivity contribution in [1.29, 1.82) is 0 Å². The Morgan fingerprint density at radius 1 is 0.964 bits per heavy atom. The fraction of sp³-hybridized carbons (Fsp3) is 0.150. The third-order valence-electron chi connectivity index (χ3n) is 3.96. The van der Waals surface area contributed by atoms with Gasteiger partial charge in [-0.3, -0.25) is 14.9 Å². The van der Waals surface area contributed by atoms with Gasteiger partial charge in [0.25, 0.3) is 11.8 Å². The second-order valence-corrected chi connectivity index (χ2v) is 7.44. The predicted molar refractivity (Wildman–Crippen MR) is 104 cm³/mol. The third kappa shape index (κ3) is 4.58. The summed E-state index contributed by atoms with van der Waals surface area (Å²) in [6.07, 6.45) is 0. The van der Waals surface area contributed by atoms with Crippen molar-refractivity contribution in [2.45, 2.75) is 19.4 Å². The zero-order chi connectivity index (χ0) is 20.3. The minimum atomic E-state index is -1.23. The average Bonchev–Trinajstić information content (AvgIpc) is 3.11. The molecule has 8 heteroatoms. The van der Waals surface area contributed by atoms with Crippen LogP contribution in [0.1, 0.15) is 24.2 Å². The van der Waals surface area contributed by atoms with Gasteiger partial charge in [-0.15, -0.1) is 11.3 Å². The van der Waals surface area contributed by atoms with E-state index in [0.717, 1.165) is 5.56 Å². The fourth-order valence-electron chi connectivity index (χ4n) is 2.35. The molecule has 0 unspecified atom stereocenters. The van der Waals surface area contributed by atoms with Gasteiger partial charge in [-0.1, -0.05) is 0 Å². The first-order valence-corrected chi connectivity index (χ1v) is 9.23. The molecule has 2 amide bonds. The molecule has 3 aromatic rings. The predicted octanol–water partition coefficient (Wildman–Crippen LogP) is 4.24. The van der Waals surface area contributed by atoms with Crippen molar-refractivity contribution in [3.05, 3.63) is 71.1 Å². The Hall–Kier alpha value is -3.13. The Labute approximate surface area is 164 Å². The number of aromatic nitrogens is 1. The first-order chi connectivity index (χ1) is 13.2. The van der Waals surface area contributed by atoms with E-state index in [0.29, 0.717) is 10.8 Å². The Kier molecular flexibility index (Phi) is 5.51.